The van der Waals surface area contributed by atoms with Gasteiger partial charge >= 0.3 is 0 Å². The van der Waals surface area contributed by atoms with Crippen LogP contribution in [0.25, 0.3) is 22.3 Å². The Morgan fingerprint density at radius 2 is 1.33 bits per heavy atom. The van der Waals surface area contributed by atoms with E-state index >= 15 is 4.39 Å². The number of aryl methyl sites for hydroxylation is 1. The molecule has 39 heavy (non-hydrogen) atoms. The van der Waals surface area contributed by atoms with Crippen LogP contribution < -0.4 is 0 Å². The zero-order chi connectivity index (χ0) is 27.6. The van der Waals surface area contributed by atoms with Crippen LogP contribution in [0.4, 0.5) is 13.2 Å². The molecule has 0 atom stereocenters. The number of unbranched alkanes of at least 4 members (excludes halogenated alkanes) is 7. The van der Waals surface area contributed by atoms with Crippen molar-refractivity contribution in [2.45, 2.75) is 71.0 Å². The Kier molecular flexibility index (Phi) is 10.8. The fraction of sp³-hybridized carbons (Fsp3) is 0.412. The second-order valence-electron chi connectivity index (χ2n) is 10.4. The van der Waals surface area contributed by atoms with Crippen LogP contribution in [0.1, 0.15) is 75.7 Å². The molecule has 208 valence electrons. The van der Waals surface area contributed by atoms with Crippen LogP contribution in [0.15, 0.2) is 67.3 Å². The second kappa shape index (κ2) is 14.5. The van der Waals surface area contributed by atoms with Gasteiger partial charge in [0.25, 0.3) is 0 Å². The van der Waals surface area contributed by atoms with Crippen LogP contribution in [0.5, 0.6) is 0 Å². The van der Waals surface area contributed by atoms with Gasteiger partial charge in [0.2, 0.25) is 0 Å². The summed E-state index contributed by atoms with van der Waals surface area (Å²) < 4.78 is 56.2. The molecule has 2 nitrogen and oxygen atoms in total. The van der Waals surface area contributed by atoms with Gasteiger partial charge in [-0.05, 0) is 35.6 Å². The van der Waals surface area contributed by atoms with E-state index in [0.717, 1.165) is 19.3 Å². The number of halogens is 3. The van der Waals surface area contributed by atoms with Gasteiger partial charge in [0, 0.05) is 22.6 Å². The van der Waals surface area contributed by atoms with Gasteiger partial charge < -0.3 is 9.47 Å². The third kappa shape index (κ3) is 7.61. The van der Waals surface area contributed by atoms with Crippen molar-refractivity contribution in [2.24, 2.45) is 5.92 Å². The van der Waals surface area contributed by atoms with Gasteiger partial charge in [-0.2, -0.15) is 0 Å². The predicted octanol–water partition coefficient (Wildman–Crippen LogP) is 9.97. The zero-order valence-electron chi connectivity index (χ0n) is 22.9. The molecule has 0 aliphatic carbocycles. The Bertz CT molecular complexity index is 1210. The number of rotatable bonds is 13. The Labute approximate surface area is 230 Å². The van der Waals surface area contributed by atoms with E-state index in [1.165, 1.54) is 38.2 Å². The van der Waals surface area contributed by atoms with Gasteiger partial charge in [0.1, 0.15) is 5.82 Å². The molecule has 0 bridgehead atoms. The van der Waals surface area contributed by atoms with Crippen molar-refractivity contribution in [2.75, 3.05) is 13.2 Å². The predicted molar refractivity (Wildman–Crippen MR) is 152 cm³/mol. The highest BCUT2D eigenvalue weighted by atomic mass is 19.2. The lowest BCUT2D eigenvalue weighted by Gasteiger charge is -2.28. The molecule has 4 rings (SSSR count). The molecule has 3 aromatic carbocycles. The van der Waals surface area contributed by atoms with Gasteiger partial charge in [0.05, 0.1) is 13.2 Å². The lowest BCUT2D eigenvalue weighted by Crippen LogP contribution is -2.25. The first kappa shape index (κ1) is 29.1. The van der Waals surface area contributed by atoms with Crippen molar-refractivity contribution < 1.29 is 22.6 Å². The van der Waals surface area contributed by atoms with E-state index in [0.29, 0.717) is 47.5 Å². The van der Waals surface area contributed by atoms with Crippen LogP contribution in [-0.2, 0) is 15.9 Å². The second-order valence-corrected chi connectivity index (χ2v) is 10.4. The minimum Gasteiger partial charge on any atom is -0.348 e. The molecular formula is C34H39F3O2. The third-order valence-electron chi connectivity index (χ3n) is 7.49. The maximum Gasteiger partial charge on any atom is 0.183 e. The summed E-state index contributed by atoms with van der Waals surface area (Å²) in [6.07, 6.45) is 11.0. The van der Waals surface area contributed by atoms with Crippen molar-refractivity contribution in [3.05, 3.63) is 95.8 Å². The van der Waals surface area contributed by atoms with Gasteiger partial charge in [-0.15, -0.1) is 6.58 Å². The Morgan fingerprint density at radius 1 is 0.744 bits per heavy atom. The molecule has 0 aromatic heterocycles. The number of hydrogen-bond donors (Lipinski definition) is 0. The highest BCUT2D eigenvalue weighted by Gasteiger charge is 2.23. The molecule has 0 saturated carbocycles. The molecule has 1 saturated heterocycles. The summed E-state index contributed by atoms with van der Waals surface area (Å²) in [6.45, 7) is 6.92. The van der Waals surface area contributed by atoms with E-state index < -0.39 is 23.7 Å². The quantitative estimate of drug-likeness (QED) is 0.160. The third-order valence-corrected chi connectivity index (χ3v) is 7.49. The average Bonchev–Trinajstić information content (AvgIpc) is 2.97. The topological polar surface area (TPSA) is 18.5 Å². The highest BCUT2D eigenvalue weighted by molar-refractivity contribution is 5.71. The molecule has 1 aliphatic rings. The fourth-order valence-corrected chi connectivity index (χ4v) is 5.04. The van der Waals surface area contributed by atoms with E-state index in [9.17, 15) is 8.78 Å². The number of benzene rings is 3. The van der Waals surface area contributed by atoms with Gasteiger partial charge in [-0.1, -0.05) is 106 Å². The normalized spacial score (nSPS) is 17.3. The number of hydrogen-bond acceptors (Lipinski definition) is 2. The molecule has 1 heterocycles. The molecule has 0 unspecified atom stereocenters. The Morgan fingerprint density at radius 3 is 1.95 bits per heavy atom. The Balaban J connectivity index is 1.37. The van der Waals surface area contributed by atoms with Crippen LogP contribution in [0, 0.1) is 23.4 Å². The summed E-state index contributed by atoms with van der Waals surface area (Å²) in [7, 11) is 0. The molecular weight excluding hydrogens is 497 g/mol. The lowest BCUT2D eigenvalue weighted by molar-refractivity contribution is -0.197. The Hall–Kier alpha value is -2.89. The van der Waals surface area contributed by atoms with Crippen molar-refractivity contribution >= 4 is 0 Å². The molecule has 5 heteroatoms. The molecule has 0 N–H and O–H groups in total. The first-order valence-electron chi connectivity index (χ1n) is 14.2. The molecule has 0 spiro atoms. The fourth-order valence-electron chi connectivity index (χ4n) is 5.04. The lowest BCUT2D eigenvalue weighted by atomic mass is 9.96. The number of ether oxygens (including phenoxy) is 2. The van der Waals surface area contributed by atoms with Crippen LogP contribution in [-0.4, -0.2) is 13.2 Å². The van der Waals surface area contributed by atoms with Gasteiger partial charge in [-0.3, -0.25) is 0 Å². The van der Waals surface area contributed by atoms with Crippen LogP contribution in [0.2, 0.25) is 0 Å². The van der Waals surface area contributed by atoms with Gasteiger partial charge in [0.15, 0.2) is 17.9 Å². The van der Waals surface area contributed by atoms with E-state index in [-0.39, 0.29) is 11.5 Å². The van der Waals surface area contributed by atoms with E-state index in [1.807, 2.05) is 0 Å². The zero-order valence-corrected chi connectivity index (χ0v) is 22.9. The molecule has 1 aliphatic heterocycles. The van der Waals surface area contributed by atoms with Crippen LogP contribution >= 0.6 is 0 Å². The van der Waals surface area contributed by atoms with E-state index in [1.54, 1.807) is 54.6 Å². The monoisotopic (exact) mass is 536 g/mol. The summed E-state index contributed by atoms with van der Waals surface area (Å²) in [5, 5.41) is 0. The van der Waals surface area contributed by atoms with Crippen LogP contribution in [0.3, 0.4) is 0 Å². The van der Waals surface area contributed by atoms with Crippen molar-refractivity contribution in [3.63, 3.8) is 0 Å². The highest BCUT2D eigenvalue weighted by Crippen LogP contribution is 2.32. The minimum atomic E-state index is -0.832. The average molecular weight is 537 g/mol. The van der Waals surface area contributed by atoms with E-state index in [4.69, 9.17) is 9.47 Å². The minimum absolute atomic E-state index is 0.133. The molecule has 0 amide bonds. The molecule has 3 aromatic rings. The molecule has 1 fully saturated rings. The summed E-state index contributed by atoms with van der Waals surface area (Å²) in [5.41, 5.74) is 2.85. The smallest absolute Gasteiger partial charge is 0.183 e. The van der Waals surface area contributed by atoms with Crippen molar-refractivity contribution in [1.82, 2.24) is 0 Å². The van der Waals surface area contributed by atoms with Crippen molar-refractivity contribution in [3.8, 4) is 22.3 Å². The standard InChI is InChI=1S/C34H39F3O2/c1-3-5-6-7-8-9-10-11-12-27-17-20-30(33(37)32(27)36)26-15-13-25(14-16-26)29-19-18-28(21-31(29)35)34-38-22-24(4-2)23-39-34/h4,13-21,24,34H,2-3,5-12,22-23H2,1H3. The van der Waals surface area contributed by atoms with Crippen molar-refractivity contribution in [1.29, 1.82) is 0 Å². The SMILES string of the molecule is C=CC1COC(c2ccc(-c3ccc(-c4ccc(CCCCCCCCCC)c(F)c4F)cc3)c(F)c2)OC1. The summed E-state index contributed by atoms with van der Waals surface area (Å²) in [6, 6.07) is 15.1. The summed E-state index contributed by atoms with van der Waals surface area (Å²) in [4.78, 5) is 0. The summed E-state index contributed by atoms with van der Waals surface area (Å²) in [5.74, 6) is -1.87. The van der Waals surface area contributed by atoms with E-state index in [2.05, 4.69) is 13.5 Å². The largest absolute Gasteiger partial charge is 0.348 e. The maximum atomic E-state index is 15.0. The maximum absolute atomic E-state index is 15.0. The first-order chi connectivity index (χ1) is 19.0. The first-order valence-corrected chi connectivity index (χ1v) is 14.2. The van der Waals surface area contributed by atoms with Gasteiger partial charge in [-0.25, -0.2) is 13.2 Å². The molecule has 0 radical (unpaired) electrons. The summed E-state index contributed by atoms with van der Waals surface area (Å²) >= 11 is 0.